The lowest BCUT2D eigenvalue weighted by atomic mass is 10.2. The van der Waals surface area contributed by atoms with Gasteiger partial charge in [0.2, 0.25) is 5.91 Å². The second-order valence-electron chi connectivity index (χ2n) is 6.74. The van der Waals surface area contributed by atoms with Gasteiger partial charge in [0.25, 0.3) is 0 Å². The van der Waals surface area contributed by atoms with Crippen molar-refractivity contribution in [2.75, 3.05) is 31.8 Å². The Labute approximate surface area is 174 Å². The Balaban J connectivity index is 1.52. The number of anilines is 1. The summed E-state index contributed by atoms with van der Waals surface area (Å²) in [7, 11) is 1.85. The van der Waals surface area contributed by atoms with Gasteiger partial charge < -0.3 is 14.8 Å². The molecule has 2 N–H and O–H groups in total. The molecule has 8 heteroatoms. The van der Waals surface area contributed by atoms with Crippen molar-refractivity contribution in [1.29, 1.82) is 0 Å². The van der Waals surface area contributed by atoms with Gasteiger partial charge >= 0.3 is 6.03 Å². The third kappa shape index (κ3) is 5.65. The van der Waals surface area contributed by atoms with Crippen molar-refractivity contribution < 1.29 is 19.1 Å². The zero-order valence-corrected chi connectivity index (χ0v) is 17.5. The number of urea groups is 1. The molecule has 0 saturated carbocycles. The molecular weight excluding hydrogens is 390 g/mol. The van der Waals surface area contributed by atoms with Gasteiger partial charge in [-0.2, -0.15) is 0 Å². The normalized spacial score (nSPS) is 13.7. The summed E-state index contributed by atoms with van der Waals surface area (Å²) in [6, 6.07) is 12.2. The van der Waals surface area contributed by atoms with Crippen LogP contribution in [0.25, 0.3) is 0 Å². The summed E-state index contributed by atoms with van der Waals surface area (Å²) in [5, 5.41) is 5.04. The van der Waals surface area contributed by atoms with Gasteiger partial charge in [0, 0.05) is 23.2 Å². The third-order valence-corrected chi connectivity index (χ3v) is 5.41. The molecule has 0 aliphatic carbocycles. The number of nitrogens with zero attached hydrogens (tertiary/aromatic N) is 1. The molecule has 154 valence electrons. The SMILES string of the molecule is CSc1ccc(CN(C)C(C)C(=O)NC(=O)Nc2ccc3c(c2)OCCO3)cc1. The molecule has 0 aromatic heterocycles. The Morgan fingerprint density at radius 1 is 1.10 bits per heavy atom. The fourth-order valence-corrected chi connectivity index (χ4v) is 3.26. The van der Waals surface area contributed by atoms with Crippen molar-refractivity contribution in [3.8, 4) is 11.5 Å². The van der Waals surface area contributed by atoms with Gasteiger partial charge in [0.05, 0.1) is 6.04 Å². The number of imide groups is 1. The van der Waals surface area contributed by atoms with E-state index in [1.165, 1.54) is 4.90 Å². The molecule has 7 nitrogen and oxygen atoms in total. The maximum Gasteiger partial charge on any atom is 0.325 e. The average molecular weight is 416 g/mol. The average Bonchev–Trinajstić information content (AvgIpc) is 2.73. The predicted molar refractivity (Wildman–Crippen MR) is 114 cm³/mol. The number of ether oxygens (including phenoxy) is 2. The van der Waals surface area contributed by atoms with E-state index >= 15 is 0 Å². The Kier molecular flexibility index (Phi) is 7.00. The lowest BCUT2D eigenvalue weighted by molar-refractivity contribution is -0.124. The van der Waals surface area contributed by atoms with Crippen molar-refractivity contribution in [2.45, 2.75) is 24.4 Å². The molecule has 1 heterocycles. The molecule has 29 heavy (non-hydrogen) atoms. The van der Waals surface area contributed by atoms with Crippen LogP contribution in [0, 0.1) is 0 Å². The summed E-state index contributed by atoms with van der Waals surface area (Å²) in [5.74, 6) is 0.836. The third-order valence-electron chi connectivity index (χ3n) is 4.67. The number of thioether (sulfide) groups is 1. The van der Waals surface area contributed by atoms with Gasteiger partial charge in [-0.05, 0) is 50.1 Å². The number of hydrogen-bond donors (Lipinski definition) is 2. The maximum atomic E-state index is 12.4. The molecule has 0 bridgehead atoms. The van der Waals surface area contributed by atoms with E-state index in [-0.39, 0.29) is 5.91 Å². The molecule has 0 fully saturated rings. The molecule has 0 spiro atoms. The maximum absolute atomic E-state index is 12.4. The Morgan fingerprint density at radius 2 is 1.79 bits per heavy atom. The lowest BCUT2D eigenvalue weighted by Crippen LogP contribution is -2.46. The van der Waals surface area contributed by atoms with Gasteiger partial charge in [0.15, 0.2) is 11.5 Å². The Morgan fingerprint density at radius 3 is 2.48 bits per heavy atom. The molecule has 3 rings (SSSR count). The summed E-state index contributed by atoms with van der Waals surface area (Å²) < 4.78 is 10.9. The molecule has 1 aliphatic heterocycles. The highest BCUT2D eigenvalue weighted by Gasteiger charge is 2.21. The first kappa shape index (κ1) is 21.0. The zero-order chi connectivity index (χ0) is 20.8. The van der Waals surface area contributed by atoms with Crippen molar-refractivity contribution in [3.05, 3.63) is 48.0 Å². The largest absolute Gasteiger partial charge is 0.486 e. The van der Waals surface area contributed by atoms with Crippen molar-refractivity contribution in [1.82, 2.24) is 10.2 Å². The van der Waals surface area contributed by atoms with E-state index in [9.17, 15) is 9.59 Å². The van der Waals surface area contributed by atoms with Crippen LogP contribution in [0.3, 0.4) is 0 Å². The van der Waals surface area contributed by atoms with E-state index in [1.807, 2.05) is 30.3 Å². The lowest BCUT2D eigenvalue weighted by Gasteiger charge is -2.24. The van der Waals surface area contributed by atoms with E-state index in [1.54, 1.807) is 36.9 Å². The monoisotopic (exact) mass is 415 g/mol. The Bertz CT molecular complexity index is 873. The van der Waals surface area contributed by atoms with Crippen LogP contribution in [0.4, 0.5) is 10.5 Å². The van der Waals surface area contributed by atoms with Crippen molar-refractivity contribution in [2.24, 2.45) is 0 Å². The van der Waals surface area contributed by atoms with Crippen LogP contribution in [0.1, 0.15) is 12.5 Å². The van der Waals surface area contributed by atoms with Crippen LogP contribution in [0.5, 0.6) is 11.5 Å². The second kappa shape index (κ2) is 9.67. The van der Waals surface area contributed by atoms with Crippen LogP contribution in [-0.4, -0.2) is 49.4 Å². The van der Waals surface area contributed by atoms with Crippen LogP contribution in [0.15, 0.2) is 47.4 Å². The first-order valence-corrected chi connectivity index (χ1v) is 10.5. The van der Waals surface area contributed by atoms with Crippen LogP contribution in [0.2, 0.25) is 0 Å². The summed E-state index contributed by atoms with van der Waals surface area (Å²) >= 11 is 1.69. The molecular formula is C21H25N3O4S. The molecule has 2 aromatic carbocycles. The highest BCUT2D eigenvalue weighted by molar-refractivity contribution is 7.98. The summed E-state index contributed by atoms with van der Waals surface area (Å²) in [6.45, 7) is 3.34. The number of rotatable bonds is 6. The molecule has 0 saturated heterocycles. The fourth-order valence-electron chi connectivity index (χ4n) is 2.86. The topological polar surface area (TPSA) is 79.9 Å². The fraction of sp³-hybridized carbons (Fsp3) is 0.333. The number of likely N-dealkylation sites (N-methyl/N-ethyl adjacent to an activating group) is 1. The van der Waals surface area contributed by atoms with Gasteiger partial charge in [-0.25, -0.2) is 4.79 Å². The van der Waals surface area contributed by atoms with E-state index in [4.69, 9.17) is 9.47 Å². The van der Waals surface area contributed by atoms with Crippen LogP contribution < -0.4 is 20.1 Å². The highest BCUT2D eigenvalue weighted by Crippen LogP contribution is 2.32. The molecule has 2 aromatic rings. The minimum Gasteiger partial charge on any atom is -0.486 e. The number of benzene rings is 2. The van der Waals surface area contributed by atoms with Crippen LogP contribution >= 0.6 is 11.8 Å². The van der Waals surface area contributed by atoms with Gasteiger partial charge in [-0.1, -0.05) is 12.1 Å². The van der Waals surface area contributed by atoms with E-state index in [0.29, 0.717) is 36.9 Å². The van der Waals surface area contributed by atoms with E-state index in [0.717, 1.165) is 5.56 Å². The van der Waals surface area contributed by atoms with E-state index < -0.39 is 12.1 Å². The van der Waals surface area contributed by atoms with Crippen molar-refractivity contribution >= 4 is 29.4 Å². The molecule has 1 atom stereocenters. The van der Waals surface area contributed by atoms with Gasteiger partial charge in [-0.3, -0.25) is 15.0 Å². The molecule has 0 radical (unpaired) electrons. The number of hydrogen-bond acceptors (Lipinski definition) is 6. The molecule has 3 amide bonds. The number of amides is 3. The zero-order valence-electron chi connectivity index (χ0n) is 16.7. The Hall–Kier alpha value is -2.71. The summed E-state index contributed by atoms with van der Waals surface area (Å²) in [5.41, 5.74) is 1.63. The van der Waals surface area contributed by atoms with Gasteiger partial charge in [0.1, 0.15) is 13.2 Å². The van der Waals surface area contributed by atoms with Crippen molar-refractivity contribution in [3.63, 3.8) is 0 Å². The first-order valence-electron chi connectivity index (χ1n) is 9.31. The molecule has 1 unspecified atom stereocenters. The van der Waals surface area contributed by atoms with E-state index in [2.05, 4.69) is 22.8 Å². The number of fused-ring (bicyclic) bond motifs is 1. The number of carbonyl (C=O) groups is 2. The number of carbonyl (C=O) groups excluding carboxylic acids is 2. The highest BCUT2D eigenvalue weighted by atomic mass is 32.2. The quantitative estimate of drug-likeness (QED) is 0.705. The predicted octanol–water partition coefficient (Wildman–Crippen LogP) is 3.35. The minimum absolute atomic E-state index is 0.372. The summed E-state index contributed by atoms with van der Waals surface area (Å²) in [6.07, 6.45) is 2.03. The first-order chi connectivity index (χ1) is 14.0. The summed E-state index contributed by atoms with van der Waals surface area (Å²) in [4.78, 5) is 27.7. The minimum atomic E-state index is -0.587. The molecule has 1 aliphatic rings. The van der Waals surface area contributed by atoms with Gasteiger partial charge in [-0.15, -0.1) is 11.8 Å². The van der Waals surface area contributed by atoms with Crippen LogP contribution in [-0.2, 0) is 11.3 Å². The smallest absolute Gasteiger partial charge is 0.325 e. The second-order valence-corrected chi connectivity index (χ2v) is 7.62. The standard InChI is InChI=1S/C21H25N3O4S/c1-14(24(2)13-15-4-7-17(29-3)8-5-15)20(25)23-21(26)22-16-6-9-18-19(12-16)28-11-10-27-18/h4-9,12,14H,10-11,13H2,1-3H3,(H2,22,23,25,26). The number of nitrogens with one attached hydrogen (secondary N) is 2.